The number of hydrogen-bond donors (Lipinski definition) is 2. The fourth-order valence-electron chi connectivity index (χ4n) is 4.25. The van der Waals surface area contributed by atoms with Gasteiger partial charge in [-0.2, -0.15) is 0 Å². The number of fused-ring (bicyclic) bond motifs is 1. The van der Waals surface area contributed by atoms with Crippen LogP contribution in [0.3, 0.4) is 0 Å². The number of hydrogen-bond acceptors (Lipinski definition) is 7. The first-order valence-electron chi connectivity index (χ1n) is 10.3. The van der Waals surface area contributed by atoms with Crippen LogP contribution in [0.5, 0.6) is 0 Å². The van der Waals surface area contributed by atoms with E-state index in [-0.39, 0.29) is 37.0 Å². The highest BCUT2D eigenvalue weighted by molar-refractivity contribution is 6.23. The lowest BCUT2D eigenvalue weighted by atomic mass is 10.0. The van der Waals surface area contributed by atoms with Crippen LogP contribution in [0.4, 0.5) is 5.69 Å². The summed E-state index contributed by atoms with van der Waals surface area (Å²) in [6.07, 6.45) is 2.73. The van der Waals surface area contributed by atoms with E-state index in [2.05, 4.69) is 10.2 Å². The molecule has 3 aliphatic heterocycles. The van der Waals surface area contributed by atoms with Gasteiger partial charge in [-0.05, 0) is 43.9 Å². The summed E-state index contributed by atoms with van der Waals surface area (Å²) in [6, 6.07) is 4.23. The third-order valence-electron chi connectivity index (χ3n) is 5.89. The fourth-order valence-corrected chi connectivity index (χ4v) is 4.25. The average molecular weight is 415 g/mol. The number of imide groups is 2. The molecule has 160 valence electrons. The molecular formula is C21H25N3O6. The molecule has 2 fully saturated rings. The van der Waals surface area contributed by atoms with Gasteiger partial charge in [0.2, 0.25) is 11.8 Å². The number of carbonyl (C=O) groups is 4. The molecule has 9 nitrogen and oxygen atoms in total. The van der Waals surface area contributed by atoms with E-state index in [1.807, 2.05) is 6.07 Å². The van der Waals surface area contributed by atoms with Gasteiger partial charge in [0.15, 0.2) is 0 Å². The molecule has 1 aromatic carbocycles. The number of aliphatic hydroxyl groups excluding tert-OH is 1. The van der Waals surface area contributed by atoms with Gasteiger partial charge in [0.1, 0.15) is 6.04 Å². The number of ether oxygens (including phenoxy) is 1. The number of aliphatic hydroxyl groups is 1. The molecule has 0 radical (unpaired) electrons. The van der Waals surface area contributed by atoms with Crippen LogP contribution in [0.25, 0.3) is 0 Å². The van der Waals surface area contributed by atoms with Crippen LogP contribution in [0, 0.1) is 0 Å². The molecular weight excluding hydrogens is 390 g/mol. The molecule has 0 saturated carbocycles. The van der Waals surface area contributed by atoms with E-state index in [9.17, 15) is 19.2 Å². The van der Waals surface area contributed by atoms with Crippen LogP contribution in [-0.4, -0.2) is 72.1 Å². The number of rotatable bonds is 6. The van der Waals surface area contributed by atoms with Crippen LogP contribution in [0.15, 0.2) is 18.2 Å². The van der Waals surface area contributed by atoms with Crippen molar-refractivity contribution in [2.75, 3.05) is 31.2 Å². The molecule has 2 N–H and O–H groups in total. The minimum Gasteiger partial charge on any atom is -0.396 e. The summed E-state index contributed by atoms with van der Waals surface area (Å²) in [4.78, 5) is 52.4. The fraction of sp³-hybridized carbons (Fsp3) is 0.524. The van der Waals surface area contributed by atoms with Crippen molar-refractivity contribution in [3.05, 3.63) is 29.3 Å². The number of piperidine rings is 2. The summed E-state index contributed by atoms with van der Waals surface area (Å²) in [7, 11) is 0. The van der Waals surface area contributed by atoms with Crippen LogP contribution in [-0.2, 0) is 14.3 Å². The molecule has 0 aromatic heterocycles. The first kappa shape index (κ1) is 20.5. The molecule has 9 heteroatoms. The number of nitrogens with zero attached hydrogens (tertiary/aromatic N) is 2. The number of amides is 4. The molecule has 4 rings (SSSR count). The molecule has 2 saturated heterocycles. The zero-order valence-corrected chi connectivity index (χ0v) is 16.6. The average Bonchev–Trinajstić information content (AvgIpc) is 2.99. The second-order valence-electron chi connectivity index (χ2n) is 7.81. The number of anilines is 1. The number of nitrogens with one attached hydrogen (secondary N) is 1. The molecule has 0 spiro atoms. The summed E-state index contributed by atoms with van der Waals surface area (Å²) in [6.45, 7) is 2.20. The van der Waals surface area contributed by atoms with E-state index in [0.717, 1.165) is 36.5 Å². The summed E-state index contributed by atoms with van der Waals surface area (Å²) >= 11 is 0. The van der Waals surface area contributed by atoms with Crippen molar-refractivity contribution < 1.29 is 29.0 Å². The van der Waals surface area contributed by atoms with Crippen LogP contribution < -0.4 is 10.2 Å². The molecule has 1 aromatic rings. The van der Waals surface area contributed by atoms with Gasteiger partial charge < -0.3 is 14.7 Å². The Hall–Kier alpha value is -2.78. The minimum atomic E-state index is -0.953. The Morgan fingerprint density at radius 1 is 1.03 bits per heavy atom. The maximum Gasteiger partial charge on any atom is 0.262 e. The smallest absolute Gasteiger partial charge is 0.262 e. The Morgan fingerprint density at radius 3 is 2.47 bits per heavy atom. The summed E-state index contributed by atoms with van der Waals surface area (Å²) in [5.41, 5.74) is 1.44. The van der Waals surface area contributed by atoms with Gasteiger partial charge in [-0.3, -0.25) is 29.4 Å². The van der Waals surface area contributed by atoms with Crippen molar-refractivity contribution in [2.45, 2.75) is 44.2 Å². The normalized spacial score (nSPS) is 22.5. The highest BCUT2D eigenvalue weighted by Gasteiger charge is 2.44. The predicted molar refractivity (Wildman–Crippen MR) is 106 cm³/mol. The van der Waals surface area contributed by atoms with Crippen molar-refractivity contribution in [1.29, 1.82) is 0 Å². The Labute approximate surface area is 174 Å². The molecule has 4 amide bonds. The van der Waals surface area contributed by atoms with Crippen molar-refractivity contribution in [2.24, 2.45) is 0 Å². The van der Waals surface area contributed by atoms with Gasteiger partial charge in [0, 0.05) is 38.4 Å². The topological polar surface area (TPSA) is 116 Å². The first-order valence-corrected chi connectivity index (χ1v) is 10.3. The van der Waals surface area contributed by atoms with Gasteiger partial charge in [-0.15, -0.1) is 0 Å². The second kappa shape index (κ2) is 8.53. The van der Waals surface area contributed by atoms with Crippen molar-refractivity contribution in [3.63, 3.8) is 0 Å². The standard InChI is InChI=1S/C21H25N3O6/c25-10-1-11-30-14-6-8-23(9-7-14)13-2-3-15-16(12-13)21(29)24(20(15)28)17-4-5-18(26)22-19(17)27/h2-3,12,14,17,25H,1,4-11H2,(H,22,26,27). The highest BCUT2D eigenvalue weighted by atomic mass is 16.5. The predicted octanol–water partition coefficient (Wildman–Crippen LogP) is 0.456. The van der Waals surface area contributed by atoms with Gasteiger partial charge in [-0.1, -0.05) is 0 Å². The molecule has 0 bridgehead atoms. The second-order valence-corrected chi connectivity index (χ2v) is 7.81. The van der Waals surface area contributed by atoms with E-state index < -0.39 is 23.8 Å². The molecule has 1 unspecified atom stereocenters. The third kappa shape index (κ3) is 3.82. The highest BCUT2D eigenvalue weighted by Crippen LogP contribution is 2.31. The van der Waals surface area contributed by atoms with E-state index >= 15 is 0 Å². The minimum absolute atomic E-state index is 0.102. The lowest BCUT2D eigenvalue weighted by Crippen LogP contribution is -2.54. The van der Waals surface area contributed by atoms with Crippen molar-refractivity contribution >= 4 is 29.3 Å². The Morgan fingerprint density at radius 2 is 1.77 bits per heavy atom. The van der Waals surface area contributed by atoms with E-state index in [1.165, 1.54) is 0 Å². The third-order valence-corrected chi connectivity index (χ3v) is 5.89. The van der Waals surface area contributed by atoms with Crippen LogP contribution in [0.1, 0.15) is 52.8 Å². The van der Waals surface area contributed by atoms with Gasteiger partial charge >= 0.3 is 0 Å². The molecule has 3 aliphatic rings. The van der Waals surface area contributed by atoms with Gasteiger partial charge in [0.25, 0.3) is 11.8 Å². The lowest BCUT2D eigenvalue weighted by molar-refractivity contribution is -0.136. The number of benzene rings is 1. The Kier molecular flexibility index (Phi) is 5.83. The molecule has 3 heterocycles. The van der Waals surface area contributed by atoms with E-state index in [1.54, 1.807) is 12.1 Å². The van der Waals surface area contributed by atoms with Crippen LogP contribution >= 0.6 is 0 Å². The molecule has 30 heavy (non-hydrogen) atoms. The molecule has 1 atom stereocenters. The summed E-state index contributed by atoms with van der Waals surface area (Å²) in [5, 5.41) is 11.1. The van der Waals surface area contributed by atoms with E-state index in [4.69, 9.17) is 9.84 Å². The SMILES string of the molecule is O=C1CCC(N2C(=O)c3ccc(N4CCC(OCCCO)CC4)cc3C2=O)C(=O)N1. The van der Waals surface area contributed by atoms with Crippen molar-refractivity contribution in [3.8, 4) is 0 Å². The maximum atomic E-state index is 12.9. The van der Waals surface area contributed by atoms with Crippen LogP contribution in [0.2, 0.25) is 0 Å². The van der Waals surface area contributed by atoms with Crippen molar-refractivity contribution in [1.82, 2.24) is 10.2 Å². The zero-order valence-electron chi connectivity index (χ0n) is 16.6. The van der Waals surface area contributed by atoms with Gasteiger partial charge in [-0.25, -0.2) is 0 Å². The first-order chi connectivity index (χ1) is 14.5. The summed E-state index contributed by atoms with van der Waals surface area (Å²) in [5.74, 6) is -1.98. The summed E-state index contributed by atoms with van der Waals surface area (Å²) < 4.78 is 5.76. The number of carbonyl (C=O) groups excluding carboxylic acids is 4. The Bertz CT molecular complexity index is 877. The lowest BCUT2D eigenvalue weighted by Gasteiger charge is -2.33. The van der Waals surface area contributed by atoms with E-state index in [0.29, 0.717) is 18.6 Å². The maximum absolute atomic E-state index is 12.9. The largest absolute Gasteiger partial charge is 0.396 e. The van der Waals surface area contributed by atoms with Gasteiger partial charge in [0.05, 0.1) is 17.2 Å². The molecule has 0 aliphatic carbocycles. The monoisotopic (exact) mass is 415 g/mol. The Balaban J connectivity index is 1.45. The quantitative estimate of drug-likeness (QED) is 0.512. The zero-order chi connectivity index (χ0) is 21.3.